The highest BCUT2D eigenvalue weighted by Crippen LogP contribution is 2.28. The van der Waals surface area contributed by atoms with Crippen molar-refractivity contribution in [2.45, 2.75) is 44.4 Å². The molecule has 31 heavy (non-hydrogen) atoms. The van der Waals surface area contributed by atoms with E-state index in [9.17, 15) is 13.2 Å². The Kier molecular flexibility index (Phi) is 8.05. The number of amides is 1. The van der Waals surface area contributed by atoms with Crippen LogP contribution in [-0.4, -0.2) is 36.7 Å². The Morgan fingerprint density at radius 3 is 2.32 bits per heavy atom. The second kappa shape index (κ2) is 10.5. The van der Waals surface area contributed by atoms with Crippen LogP contribution in [0.4, 0.5) is 5.13 Å². The third-order valence-electron chi connectivity index (χ3n) is 4.85. The van der Waals surface area contributed by atoms with Crippen molar-refractivity contribution in [1.29, 1.82) is 0 Å². The molecular weight excluding hydrogens is 454 g/mol. The van der Waals surface area contributed by atoms with Gasteiger partial charge in [0.15, 0.2) is 5.13 Å². The molecule has 9 heteroatoms. The molecule has 0 unspecified atom stereocenters. The third kappa shape index (κ3) is 5.83. The molecule has 0 aliphatic rings. The number of hydrogen-bond acceptors (Lipinski definition) is 5. The molecule has 0 saturated carbocycles. The summed E-state index contributed by atoms with van der Waals surface area (Å²) in [5.41, 5.74) is 1.12. The van der Waals surface area contributed by atoms with E-state index >= 15 is 0 Å². The lowest BCUT2D eigenvalue weighted by Gasteiger charge is -2.22. The number of benzene rings is 2. The zero-order valence-electron chi connectivity index (χ0n) is 17.6. The van der Waals surface area contributed by atoms with E-state index in [-0.39, 0.29) is 10.8 Å². The van der Waals surface area contributed by atoms with Gasteiger partial charge in [0, 0.05) is 23.7 Å². The van der Waals surface area contributed by atoms with Gasteiger partial charge in [0.25, 0.3) is 5.91 Å². The average molecular weight is 480 g/mol. The first kappa shape index (κ1) is 23.7. The molecule has 0 fully saturated rings. The highest BCUT2D eigenvalue weighted by atomic mass is 35.5. The standard InChI is InChI=1S/C22H26ClN3O3S2/c1-3-5-13-26(14-6-4-2)31(28,29)18-10-7-16(8-11-18)21(27)25-22-24-19-12-9-17(23)15-20(19)30-22/h7-12,15H,3-6,13-14H2,1-2H3,(H,24,25,27). The number of rotatable bonds is 10. The molecule has 2 aromatic carbocycles. The molecule has 6 nitrogen and oxygen atoms in total. The second-order valence-electron chi connectivity index (χ2n) is 7.22. The first-order valence-corrected chi connectivity index (χ1v) is 13.0. The van der Waals surface area contributed by atoms with Crippen LogP contribution in [0.3, 0.4) is 0 Å². The second-order valence-corrected chi connectivity index (χ2v) is 10.6. The number of aromatic nitrogens is 1. The van der Waals surface area contributed by atoms with Gasteiger partial charge in [0.1, 0.15) is 0 Å². The van der Waals surface area contributed by atoms with Crippen molar-refractivity contribution in [2.75, 3.05) is 18.4 Å². The molecule has 0 aliphatic heterocycles. The number of unbranched alkanes of at least 4 members (excludes halogenated alkanes) is 2. The zero-order valence-corrected chi connectivity index (χ0v) is 20.0. The fraction of sp³-hybridized carbons (Fsp3) is 0.364. The Hall–Kier alpha value is -2.00. The van der Waals surface area contributed by atoms with Gasteiger partial charge < -0.3 is 0 Å². The Labute approximate surface area is 192 Å². The van der Waals surface area contributed by atoms with Gasteiger partial charge in [-0.25, -0.2) is 13.4 Å². The van der Waals surface area contributed by atoms with Crippen LogP contribution in [0.2, 0.25) is 5.02 Å². The molecular formula is C22H26ClN3O3S2. The van der Waals surface area contributed by atoms with Crippen LogP contribution in [0.5, 0.6) is 0 Å². The van der Waals surface area contributed by atoms with Crippen molar-refractivity contribution in [3.8, 4) is 0 Å². The fourth-order valence-corrected chi connectivity index (χ4v) is 5.72. The number of halogens is 1. The summed E-state index contributed by atoms with van der Waals surface area (Å²) < 4.78 is 28.5. The van der Waals surface area contributed by atoms with Crippen LogP contribution in [0.25, 0.3) is 10.2 Å². The predicted octanol–water partition coefficient (Wildman–Crippen LogP) is 5.79. The summed E-state index contributed by atoms with van der Waals surface area (Å²) in [5, 5.41) is 3.84. The Morgan fingerprint density at radius 1 is 1.06 bits per heavy atom. The summed E-state index contributed by atoms with van der Waals surface area (Å²) in [6.07, 6.45) is 3.48. The molecule has 1 amide bonds. The maximum Gasteiger partial charge on any atom is 0.257 e. The summed E-state index contributed by atoms with van der Waals surface area (Å²) in [4.78, 5) is 17.2. The molecule has 3 rings (SSSR count). The average Bonchev–Trinajstić information content (AvgIpc) is 3.15. The summed E-state index contributed by atoms with van der Waals surface area (Å²) in [6.45, 7) is 5.08. The normalized spacial score (nSPS) is 11.9. The van der Waals surface area contributed by atoms with Gasteiger partial charge in [-0.1, -0.05) is 49.6 Å². The fourth-order valence-electron chi connectivity index (χ4n) is 3.07. The molecule has 0 radical (unpaired) electrons. The minimum absolute atomic E-state index is 0.200. The monoisotopic (exact) mass is 479 g/mol. The molecule has 1 heterocycles. The maximum atomic E-state index is 13.0. The zero-order chi connectivity index (χ0) is 22.4. The lowest BCUT2D eigenvalue weighted by Crippen LogP contribution is -2.33. The highest BCUT2D eigenvalue weighted by molar-refractivity contribution is 7.89. The largest absolute Gasteiger partial charge is 0.298 e. The van der Waals surface area contributed by atoms with Crippen LogP contribution >= 0.6 is 22.9 Å². The number of anilines is 1. The smallest absolute Gasteiger partial charge is 0.257 e. The lowest BCUT2D eigenvalue weighted by atomic mass is 10.2. The lowest BCUT2D eigenvalue weighted by molar-refractivity contribution is 0.102. The van der Waals surface area contributed by atoms with Crippen LogP contribution < -0.4 is 5.32 Å². The van der Waals surface area contributed by atoms with E-state index in [4.69, 9.17) is 11.6 Å². The quantitative estimate of drug-likeness (QED) is 0.399. The molecule has 1 N–H and O–H groups in total. The molecule has 0 saturated heterocycles. The van der Waals surface area contributed by atoms with Crippen molar-refractivity contribution < 1.29 is 13.2 Å². The number of thiazole rings is 1. The van der Waals surface area contributed by atoms with E-state index in [1.807, 2.05) is 13.8 Å². The Bertz CT molecular complexity index is 1140. The minimum atomic E-state index is -3.59. The number of hydrogen-bond donors (Lipinski definition) is 1. The van der Waals surface area contributed by atoms with Gasteiger partial charge in [0.2, 0.25) is 10.0 Å². The summed E-state index contributed by atoms with van der Waals surface area (Å²) in [6, 6.07) is 11.4. The van der Waals surface area contributed by atoms with E-state index in [0.29, 0.717) is 28.8 Å². The molecule has 0 bridgehead atoms. The number of carbonyl (C=O) groups is 1. The Balaban J connectivity index is 1.74. The van der Waals surface area contributed by atoms with E-state index in [1.54, 1.807) is 22.5 Å². The van der Waals surface area contributed by atoms with Crippen molar-refractivity contribution in [2.24, 2.45) is 0 Å². The summed E-state index contributed by atoms with van der Waals surface area (Å²) in [7, 11) is -3.59. The van der Waals surface area contributed by atoms with Crippen molar-refractivity contribution >= 4 is 54.2 Å². The maximum absolute atomic E-state index is 13.0. The van der Waals surface area contributed by atoms with Gasteiger partial charge in [-0.3, -0.25) is 10.1 Å². The molecule has 3 aromatic rings. The summed E-state index contributed by atoms with van der Waals surface area (Å²) >= 11 is 7.33. The summed E-state index contributed by atoms with van der Waals surface area (Å²) in [5.74, 6) is -0.345. The van der Waals surface area contributed by atoms with Crippen LogP contribution in [0, 0.1) is 0 Å². The van der Waals surface area contributed by atoms with Crippen LogP contribution in [-0.2, 0) is 10.0 Å². The van der Waals surface area contributed by atoms with Gasteiger partial charge in [-0.15, -0.1) is 0 Å². The predicted molar refractivity (Wildman–Crippen MR) is 128 cm³/mol. The van der Waals surface area contributed by atoms with Crippen molar-refractivity contribution in [3.05, 3.63) is 53.1 Å². The molecule has 1 aromatic heterocycles. The van der Waals surface area contributed by atoms with E-state index in [0.717, 1.165) is 35.9 Å². The van der Waals surface area contributed by atoms with Gasteiger partial charge >= 0.3 is 0 Å². The SMILES string of the molecule is CCCCN(CCCC)S(=O)(=O)c1ccc(C(=O)Nc2nc3ccc(Cl)cc3s2)cc1. The third-order valence-corrected chi connectivity index (χ3v) is 7.93. The minimum Gasteiger partial charge on any atom is -0.298 e. The molecule has 166 valence electrons. The van der Waals surface area contributed by atoms with E-state index < -0.39 is 10.0 Å². The van der Waals surface area contributed by atoms with Crippen molar-refractivity contribution in [3.63, 3.8) is 0 Å². The van der Waals surface area contributed by atoms with Crippen molar-refractivity contribution in [1.82, 2.24) is 9.29 Å². The number of sulfonamides is 1. The molecule has 0 spiro atoms. The van der Waals surface area contributed by atoms with Gasteiger partial charge in [-0.05, 0) is 55.3 Å². The Morgan fingerprint density at radius 2 is 1.71 bits per heavy atom. The molecule has 0 aliphatic carbocycles. The van der Waals surface area contributed by atoms with Gasteiger partial charge in [0.05, 0.1) is 15.1 Å². The van der Waals surface area contributed by atoms with Gasteiger partial charge in [-0.2, -0.15) is 4.31 Å². The number of nitrogens with zero attached hydrogens (tertiary/aromatic N) is 2. The topological polar surface area (TPSA) is 79.4 Å². The van der Waals surface area contributed by atoms with E-state index in [2.05, 4.69) is 10.3 Å². The number of carbonyl (C=O) groups excluding carboxylic acids is 1. The number of fused-ring (bicyclic) bond motifs is 1. The highest BCUT2D eigenvalue weighted by Gasteiger charge is 2.23. The number of nitrogens with one attached hydrogen (secondary N) is 1. The first-order valence-electron chi connectivity index (χ1n) is 10.3. The van der Waals surface area contributed by atoms with Crippen LogP contribution in [0.15, 0.2) is 47.4 Å². The van der Waals surface area contributed by atoms with Crippen LogP contribution in [0.1, 0.15) is 49.9 Å². The first-order chi connectivity index (χ1) is 14.8. The van der Waals surface area contributed by atoms with E-state index in [1.165, 1.54) is 35.6 Å². The molecule has 0 atom stereocenters.